The third-order valence-corrected chi connectivity index (χ3v) is 5.08. The summed E-state index contributed by atoms with van der Waals surface area (Å²) in [6.07, 6.45) is -4.28. The van der Waals surface area contributed by atoms with Crippen molar-refractivity contribution in [2.45, 2.75) is 24.1 Å². The lowest BCUT2D eigenvalue weighted by atomic mass is 9.76. The Balaban J connectivity index is 1.72. The van der Waals surface area contributed by atoms with Crippen LogP contribution in [0.3, 0.4) is 0 Å². The van der Waals surface area contributed by atoms with Crippen molar-refractivity contribution in [3.63, 3.8) is 0 Å². The van der Waals surface area contributed by atoms with Crippen molar-refractivity contribution in [3.05, 3.63) is 102 Å². The van der Waals surface area contributed by atoms with E-state index in [0.717, 1.165) is 0 Å². The Kier molecular flexibility index (Phi) is 5.58. The van der Waals surface area contributed by atoms with E-state index >= 15 is 0 Å². The molecule has 0 radical (unpaired) electrons. The van der Waals surface area contributed by atoms with Gasteiger partial charge in [-0.1, -0.05) is 72.8 Å². The monoisotopic (exact) mass is 398 g/mol. The normalized spacial score (nSPS) is 18.1. The van der Waals surface area contributed by atoms with Crippen LogP contribution >= 0.6 is 0 Å². The molecule has 5 heteroatoms. The van der Waals surface area contributed by atoms with E-state index in [4.69, 9.17) is 9.47 Å². The average molecular weight is 398 g/mol. The lowest BCUT2D eigenvalue weighted by Gasteiger charge is -2.30. The molecule has 1 heterocycles. The molecule has 3 unspecified atom stereocenters. The van der Waals surface area contributed by atoms with Crippen molar-refractivity contribution in [2.75, 3.05) is 13.2 Å². The number of halogens is 3. The summed E-state index contributed by atoms with van der Waals surface area (Å²) >= 11 is 0. The van der Waals surface area contributed by atoms with Gasteiger partial charge < -0.3 is 9.47 Å². The van der Waals surface area contributed by atoms with Crippen LogP contribution in [0.4, 0.5) is 13.2 Å². The molecule has 2 nitrogen and oxygen atoms in total. The molecule has 0 amide bonds. The molecule has 3 atom stereocenters. The summed E-state index contributed by atoms with van der Waals surface area (Å²) in [5.74, 6) is -1.89. The Morgan fingerprint density at radius 1 is 0.793 bits per heavy atom. The highest BCUT2D eigenvalue weighted by molar-refractivity contribution is 5.41. The van der Waals surface area contributed by atoms with Crippen molar-refractivity contribution < 1.29 is 22.6 Å². The quantitative estimate of drug-likeness (QED) is 0.459. The number of rotatable bonds is 7. The molecule has 4 rings (SSSR count). The Morgan fingerprint density at radius 2 is 1.31 bits per heavy atom. The van der Waals surface area contributed by atoms with Gasteiger partial charge in [0.05, 0.1) is 12.5 Å². The van der Waals surface area contributed by atoms with Crippen LogP contribution in [0.5, 0.6) is 5.75 Å². The molecule has 0 aromatic heterocycles. The third kappa shape index (κ3) is 4.80. The standard InChI is InChI=1S/C24H21F3O2/c25-24(26,27)23(19-9-5-2-6-10-19)22(17-7-3-1-4-8-17)18-11-13-20(14-12-18)28-15-21-16-29-21/h1-14,21-23H,15-16H2. The van der Waals surface area contributed by atoms with Crippen molar-refractivity contribution in [1.29, 1.82) is 0 Å². The number of hydrogen-bond acceptors (Lipinski definition) is 2. The van der Waals surface area contributed by atoms with Crippen molar-refractivity contribution >= 4 is 0 Å². The molecule has 0 bridgehead atoms. The van der Waals surface area contributed by atoms with Crippen LogP contribution in [0.25, 0.3) is 0 Å². The zero-order chi connectivity index (χ0) is 20.3. The van der Waals surface area contributed by atoms with Gasteiger partial charge in [-0.3, -0.25) is 0 Å². The molecule has 1 saturated heterocycles. The molecular formula is C24H21F3O2. The summed E-state index contributed by atoms with van der Waals surface area (Å²) in [4.78, 5) is 0. The Hall–Kier alpha value is -2.79. The van der Waals surface area contributed by atoms with Crippen LogP contribution in [-0.4, -0.2) is 25.5 Å². The molecular weight excluding hydrogens is 377 g/mol. The summed E-state index contributed by atoms with van der Waals surface area (Å²) in [7, 11) is 0. The highest BCUT2D eigenvalue weighted by Crippen LogP contribution is 2.48. The predicted molar refractivity (Wildman–Crippen MR) is 105 cm³/mol. The highest BCUT2D eigenvalue weighted by Gasteiger charge is 2.46. The van der Waals surface area contributed by atoms with Crippen LogP contribution in [0.15, 0.2) is 84.9 Å². The molecule has 29 heavy (non-hydrogen) atoms. The van der Waals surface area contributed by atoms with Gasteiger partial charge in [0, 0.05) is 5.92 Å². The van der Waals surface area contributed by atoms with Crippen molar-refractivity contribution in [1.82, 2.24) is 0 Å². The number of alkyl halides is 3. The smallest absolute Gasteiger partial charge is 0.396 e. The van der Waals surface area contributed by atoms with E-state index in [9.17, 15) is 13.2 Å². The molecule has 150 valence electrons. The highest BCUT2D eigenvalue weighted by atomic mass is 19.4. The number of ether oxygens (including phenoxy) is 2. The maximum atomic E-state index is 14.3. The summed E-state index contributed by atoms with van der Waals surface area (Å²) in [6.45, 7) is 1.15. The zero-order valence-corrected chi connectivity index (χ0v) is 15.7. The van der Waals surface area contributed by atoms with Crippen LogP contribution in [0.2, 0.25) is 0 Å². The van der Waals surface area contributed by atoms with Crippen molar-refractivity contribution in [3.8, 4) is 5.75 Å². The van der Waals surface area contributed by atoms with E-state index in [1.807, 2.05) is 6.07 Å². The summed E-state index contributed by atoms with van der Waals surface area (Å²) < 4.78 is 53.6. The minimum Gasteiger partial charge on any atom is -0.491 e. The second kappa shape index (κ2) is 8.29. The molecule has 0 saturated carbocycles. The van der Waals surface area contributed by atoms with Gasteiger partial charge in [-0.25, -0.2) is 0 Å². The third-order valence-electron chi connectivity index (χ3n) is 5.08. The maximum Gasteiger partial charge on any atom is 0.396 e. The second-order valence-corrected chi connectivity index (χ2v) is 7.15. The van der Waals surface area contributed by atoms with Crippen LogP contribution in [-0.2, 0) is 4.74 Å². The minimum atomic E-state index is -4.40. The molecule has 0 aliphatic carbocycles. The van der Waals surface area contributed by atoms with Crippen LogP contribution < -0.4 is 4.74 Å². The van der Waals surface area contributed by atoms with E-state index in [1.165, 1.54) is 0 Å². The molecule has 3 aromatic carbocycles. The van der Waals surface area contributed by atoms with Gasteiger partial charge in [0.2, 0.25) is 0 Å². The van der Waals surface area contributed by atoms with Gasteiger partial charge >= 0.3 is 6.18 Å². The second-order valence-electron chi connectivity index (χ2n) is 7.15. The zero-order valence-electron chi connectivity index (χ0n) is 15.7. The van der Waals surface area contributed by atoms with E-state index in [1.54, 1.807) is 78.9 Å². The van der Waals surface area contributed by atoms with E-state index in [0.29, 0.717) is 30.1 Å². The molecule has 0 N–H and O–H groups in total. The van der Waals surface area contributed by atoms with E-state index in [-0.39, 0.29) is 11.7 Å². The molecule has 1 aliphatic rings. The van der Waals surface area contributed by atoms with Crippen LogP contribution in [0, 0.1) is 0 Å². The topological polar surface area (TPSA) is 21.8 Å². The van der Waals surface area contributed by atoms with Crippen LogP contribution in [0.1, 0.15) is 28.5 Å². The molecule has 3 aromatic rings. The first-order valence-corrected chi connectivity index (χ1v) is 9.53. The lowest BCUT2D eigenvalue weighted by molar-refractivity contribution is -0.153. The van der Waals surface area contributed by atoms with Crippen molar-refractivity contribution in [2.24, 2.45) is 0 Å². The molecule has 1 fully saturated rings. The Morgan fingerprint density at radius 3 is 1.83 bits per heavy atom. The Labute approximate surface area is 167 Å². The largest absolute Gasteiger partial charge is 0.491 e. The van der Waals surface area contributed by atoms with E-state index < -0.39 is 18.0 Å². The lowest BCUT2D eigenvalue weighted by Crippen LogP contribution is -2.28. The first kappa shape index (κ1) is 19.5. The number of epoxide rings is 1. The first-order chi connectivity index (χ1) is 14.0. The van der Waals surface area contributed by atoms with Gasteiger partial charge in [0.15, 0.2) is 0 Å². The van der Waals surface area contributed by atoms with Gasteiger partial charge in [0.1, 0.15) is 18.5 Å². The number of benzene rings is 3. The Bertz CT molecular complexity index is 904. The summed E-state index contributed by atoms with van der Waals surface area (Å²) in [5, 5.41) is 0. The predicted octanol–water partition coefficient (Wildman–Crippen LogP) is 5.94. The molecule has 1 aliphatic heterocycles. The van der Waals surface area contributed by atoms with Gasteiger partial charge in [-0.2, -0.15) is 13.2 Å². The molecule has 0 spiro atoms. The fourth-order valence-electron chi connectivity index (χ4n) is 3.59. The first-order valence-electron chi connectivity index (χ1n) is 9.53. The fraction of sp³-hybridized carbons (Fsp3) is 0.250. The minimum absolute atomic E-state index is 0.124. The van der Waals surface area contributed by atoms with Gasteiger partial charge in [0.25, 0.3) is 0 Å². The average Bonchev–Trinajstić information content (AvgIpc) is 3.56. The van der Waals surface area contributed by atoms with E-state index in [2.05, 4.69) is 0 Å². The van der Waals surface area contributed by atoms with Gasteiger partial charge in [-0.05, 0) is 28.8 Å². The maximum absolute atomic E-state index is 14.3. The van der Waals surface area contributed by atoms with Gasteiger partial charge in [-0.15, -0.1) is 0 Å². The SMILES string of the molecule is FC(F)(F)C(c1ccccc1)C(c1ccccc1)c1ccc(OCC2CO2)cc1. The summed E-state index contributed by atoms with van der Waals surface area (Å²) in [5.41, 5.74) is 1.47. The summed E-state index contributed by atoms with van der Waals surface area (Å²) in [6, 6.07) is 23.9. The number of hydrogen-bond donors (Lipinski definition) is 0. The fourth-order valence-corrected chi connectivity index (χ4v) is 3.59.